The molecular weight excluding hydrogens is 407 g/mol. The van der Waals surface area contributed by atoms with Crippen molar-refractivity contribution in [1.82, 2.24) is 15.2 Å². The molecule has 0 bridgehead atoms. The zero-order valence-corrected chi connectivity index (χ0v) is 14.5. The summed E-state index contributed by atoms with van der Waals surface area (Å²) in [5.41, 5.74) is 4.22. The highest BCUT2D eigenvalue weighted by Crippen LogP contribution is 2.30. The summed E-state index contributed by atoms with van der Waals surface area (Å²) in [6.45, 7) is 1.09. The molecule has 2 aromatic rings. The van der Waals surface area contributed by atoms with Gasteiger partial charge in [0, 0.05) is 11.6 Å². The number of hydrazine groups is 1. The lowest BCUT2D eigenvalue weighted by Gasteiger charge is -2.19. The summed E-state index contributed by atoms with van der Waals surface area (Å²) in [6.07, 6.45) is 1.68. The number of hydrogen-bond acceptors (Lipinski definition) is 4. The maximum atomic E-state index is 13.6. The van der Waals surface area contributed by atoms with Crippen LogP contribution in [0, 0.1) is 5.82 Å². The largest absolute Gasteiger partial charge is 0.383 e. The average Bonchev–Trinajstić information content (AvgIpc) is 2.78. The molecule has 21 heavy (non-hydrogen) atoms. The van der Waals surface area contributed by atoms with E-state index in [0.29, 0.717) is 23.2 Å². The highest BCUT2D eigenvalue weighted by Gasteiger charge is 2.21. The number of halogens is 3. The molecule has 1 aromatic carbocycles. The maximum absolute atomic E-state index is 13.6. The van der Waals surface area contributed by atoms with Crippen molar-refractivity contribution in [2.45, 2.75) is 12.6 Å². The molecule has 0 saturated heterocycles. The Labute approximate surface area is 138 Å². The van der Waals surface area contributed by atoms with Gasteiger partial charge in [0.05, 0.1) is 35.6 Å². The van der Waals surface area contributed by atoms with Crippen LogP contribution >= 0.6 is 31.9 Å². The van der Waals surface area contributed by atoms with E-state index >= 15 is 0 Å². The quantitative estimate of drug-likeness (QED) is 0.556. The van der Waals surface area contributed by atoms with Crippen molar-refractivity contribution >= 4 is 31.9 Å². The number of methoxy groups -OCH3 is 1. The maximum Gasteiger partial charge on any atom is 0.124 e. The molecule has 8 heteroatoms. The van der Waals surface area contributed by atoms with Gasteiger partial charge in [-0.05, 0) is 39.7 Å². The second-order valence-electron chi connectivity index (χ2n) is 4.40. The minimum atomic E-state index is -0.397. The van der Waals surface area contributed by atoms with Gasteiger partial charge in [-0.15, -0.1) is 0 Å². The Bertz CT molecular complexity index is 600. The van der Waals surface area contributed by atoms with Crippen molar-refractivity contribution in [2.24, 2.45) is 5.84 Å². The fraction of sp³-hybridized carbons (Fsp3) is 0.308. The Hall–Kier alpha value is -0.800. The fourth-order valence-electron chi connectivity index (χ4n) is 2.09. The van der Waals surface area contributed by atoms with E-state index in [1.807, 2.05) is 6.07 Å². The van der Waals surface area contributed by atoms with Gasteiger partial charge in [0.25, 0.3) is 0 Å². The first-order chi connectivity index (χ1) is 10.1. The van der Waals surface area contributed by atoms with E-state index in [1.165, 1.54) is 12.1 Å². The van der Waals surface area contributed by atoms with Gasteiger partial charge in [-0.25, -0.2) is 9.82 Å². The van der Waals surface area contributed by atoms with E-state index in [0.717, 1.165) is 10.2 Å². The Kier molecular flexibility index (Phi) is 5.88. The summed E-state index contributed by atoms with van der Waals surface area (Å²) in [6, 6.07) is 4.25. The predicted molar refractivity (Wildman–Crippen MR) is 85.1 cm³/mol. The number of nitrogens with one attached hydrogen (secondary N) is 1. The Morgan fingerprint density at radius 1 is 1.43 bits per heavy atom. The smallest absolute Gasteiger partial charge is 0.124 e. The van der Waals surface area contributed by atoms with E-state index in [4.69, 9.17) is 10.6 Å². The third kappa shape index (κ3) is 3.89. The van der Waals surface area contributed by atoms with E-state index in [2.05, 4.69) is 42.4 Å². The highest BCUT2D eigenvalue weighted by atomic mass is 79.9. The van der Waals surface area contributed by atoms with Crippen molar-refractivity contribution in [2.75, 3.05) is 13.7 Å². The molecule has 1 atom stereocenters. The van der Waals surface area contributed by atoms with Crippen LogP contribution in [0.25, 0.3) is 0 Å². The van der Waals surface area contributed by atoms with Crippen LogP contribution in [0.3, 0.4) is 0 Å². The molecule has 0 aliphatic rings. The molecule has 0 radical (unpaired) electrons. The van der Waals surface area contributed by atoms with Crippen LogP contribution in [0.2, 0.25) is 0 Å². The predicted octanol–water partition coefficient (Wildman–Crippen LogP) is 2.75. The molecule has 0 spiro atoms. The molecule has 0 saturated carbocycles. The van der Waals surface area contributed by atoms with Crippen molar-refractivity contribution in [1.29, 1.82) is 0 Å². The van der Waals surface area contributed by atoms with Crippen LogP contribution in [-0.4, -0.2) is 23.5 Å². The molecule has 3 N–H and O–H groups in total. The lowest BCUT2D eigenvalue weighted by Crippen LogP contribution is -2.31. The Balaban J connectivity index is 2.43. The lowest BCUT2D eigenvalue weighted by molar-refractivity contribution is 0.182. The SMILES string of the molecule is COCCn1ncc(Br)c1C(NN)c1cc(F)cc(Br)c1. The van der Waals surface area contributed by atoms with Crippen LogP contribution in [0.15, 0.2) is 33.3 Å². The van der Waals surface area contributed by atoms with E-state index in [9.17, 15) is 4.39 Å². The lowest BCUT2D eigenvalue weighted by atomic mass is 10.0. The minimum Gasteiger partial charge on any atom is -0.383 e. The van der Waals surface area contributed by atoms with Gasteiger partial charge in [0.1, 0.15) is 5.82 Å². The van der Waals surface area contributed by atoms with Gasteiger partial charge in [-0.1, -0.05) is 15.9 Å². The minimum absolute atomic E-state index is 0.335. The van der Waals surface area contributed by atoms with Gasteiger partial charge >= 0.3 is 0 Å². The fourth-order valence-corrected chi connectivity index (χ4v) is 3.10. The topological polar surface area (TPSA) is 65.1 Å². The average molecular weight is 422 g/mol. The Morgan fingerprint density at radius 3 is 2.81 bits per heavy atom. The third-order valence-electron chi connectivity index (χ3n) is 3.00. The third-order valence-corrected chi connectivity index (χ3v) is 4.07. The van der Waals surface area contributed by atoms with Crippen LogP contribution in [0.5, 0.6) is 0 Å². The van der Waals surface area contributed by atoms with Crippen molar-refractivity contribution in [3.05, 3.63) is 50.4 Å². The molecular formula is C13H15Br2FN4O. The van der Waals surface area contributed by atoms with Crippen molar-refractivity contribution in [3.8, 4) is 0 Å². The van der Waals surface area contributed by atoms with Crippen LogP contribution in [-0.2, 0) is 11.3 Å². The summed E-state index contributed by atoms with van der Waals surface area (Å²) in [4.78, 5) is 0. The second kappa shape index (κ2) is 7.46. The number of benzene rings is 1. The number of aromatic nitrogens is 2. The van der Waals surface area contributed by atoms with Gasteiger partial charge in [0.15, 0.2) is 0 Å². The first-order valence-electron chi connectivity index (χ1n) is 6.19. The zero-order valence-electron chi connectivity index (χ0n) is 11.3. The molecule has 0 aliphatic heterocycles. The number of nitrogens with zero attached hydrogens (tertiary/aromatic N) is 2. The van der Waals surface area contributed by atoms with E-state index < -0.39 is 6.04 Å². The number of nitrogens with two attached hydrogens (primary N) is 1. The van der Waals surface area contributed by atoms with Crippen molar-refractivity contribution in [3.63, 3.8) is 0 Å². The molecule has 1 unspecified atom stereocenters. The van der Waals surface area contributed by atoms with Gasteiger partial charge in [-0.3, -0.25) is 10.5 Å². The number of hydrogen-bond donors (Lipinski definition) is 2. The molecule has 1 heterocycles. The molecule has 1 aromatic heterocycles. The van der Waals surface area contributed by atoms with Gasteiger partial charge < -0.3 is 4.74 Å². The second-order valence-corrected chi connectivity index (χ2v) is 6.17. The highest BCUT2D eigenvalue weighted by molar-refractivity contribution is 9.10. The van der Waals surface area contributed by atoms with E-state index in [1.54, 1.807) is 18.0 Å². The van der Waals surface area contributed by atoms with E-state index in [-0.39, 0.29) is 5.82 Å². The summed E-state index contributed by atoms with van der Waals surface area (Å²) in [7, 11) is 1.63. The summed E-state index contributed by atoms with van der Waals surface area (Å²) >= 11 is 6.75. The number of rotatable bonds is 6. The monoisotopic (exact) mass is 420 g/mol. The first kappa shape index (κ1) is 16.6. The molecule has 0 amide bonds. The van der Waals surface area contributed by atoms with Crippen molar-refractivity contribution < 1.29 is 9.13 Å². The zero-order chi connectivity index (χ0) is 15.4. The summed E-state index contributed by atoms with van der Waals surface area (Å²) < 4.78 is 21.9. The van der Waals surface area contributed by atoms with Gasteiger partial charge in [-0.2, -0.15) is 5.10 Å². The normalized spacial score (nSPS) is 12.6. The van der Waals surface area contributed by atoms with Crippen LogP contribution in [0.4, 0.5) is 4.39 Å². The molecule has 114 valence electrons. The molecule has 0 fully saturated rings. The molecule has 0 aliphatic carbocycles. The molecule has 2 rings (SSSR count). The number of ether oxygens (including phenoxy) is 1. The first-order valence-corrected chi connectivity index (χ1v) is 7.77. The van der Waals surface area contributed by atoms with Gasteiger partial charge in [0.2, 0.25) is 0 Å². The summed E-state index contributed by atoms with van der Waals surface area (Å²) in [5.74, 6) is 5.35. The Morgan fingerprint density at radius 2 is 2.19 bits per heavy atom. The molecule has 5 nitrogen and oxygen atoms in total. The van der Waals surface area contributed by atoms with Crippen LogP contribution < -0.4 is 11.3 Å². The summed E-state index contributed by atoms with van der Waals surface area (Å²) in [5, 5.41) is 4.28. The van der Waals surface area contributed by atoms with Crippen LogP contribution in [0.1, 0.15) is 17.3 Å². The standard InChI is InChI=1S/C13H15Br2FN4O/c1-21-3-2-20-13(11(15)7-18-20)12(19-17)8-4-9(14)6-10(16)5-8/h4-7,12,19H,2-3,17H2,1H3.